The van der Waals surface area contributed by atoms with E-state index in [1.54, 1.807) is 12.3 Å². The van der Waals surface area contributed by atoms with Crippen LogP contribution in [0.4, 0.5) is 0 Å². The van der Waals surface area contributed by atoms with Crippen LogP contribution in [0, 0.1) is 0 Å². The fourth-order valence-corrected chi connectivity index (χ4v) is 1.24. The molecule has 0 atom stereocenters. The maximum atomic E-state index is 11.7. The highest BCUT2D eigenvalue weighted by Gasteiger charge is 2.11. The van der Waals surface area contributed by atoms with Crippen molar-refractivity contribution >= 4 is 5.97 Å². The van der Waals surface area contributed by atoms with E-state index in [4.69, 9.17) is 5.73 Å². The molecule has 0 unspecified atom stereocenters. The molecule has 0 saturated carbocycles. The van der Waals surface area contributed by atoms with Crippen molar-refractivity contribution in [3.63, 3.8) is 0 Å². The Balaban J connectivity index is 3.01. The Kier molecular flexibility index (Phi) is 4.05. The Labute approximate surface area is 87.5 Å². The largest absolute Gasteiger partial charge is 0.465 e. The molecule has 0 saturated heterocycles. The van der Waals surface area contributed by atoms with Gasteiger partial charge in [0.2, 0.25) is 0 Å². The molecular weight excluding hydrogens is 196 g/mol. The molecule has 0 aliphatic heterocycles. The summed E-state index contributed by atoms with van der Waals surface area (Å²) < 4.78 is 5.96. The van der Waals surface area contributed by atoms with Crippen LogP contribution in [0.5, 0.6) is 0 Å². The number of esters is 1. The van der Waals surface area contributed by atoms with Gasteiger partial charge in [0.25, 0.3) is 5.56 Å². The highest BCUT2D eigenvalue weighted by Crippen LogP contribution is 1.95. The Hall–Kier alpha value is -1.62. The topological polar surface area (TPSA) is 74.3 Å². The molecule has 0 fully saturated rings. The molecule has 0 aliphatic rings. The summed E-state index contributed by atoms with van der Waals surface area (Å²) in [6.07, 6.45) is 2.33. The molecule has 0 bridgehead atoms. The Morgan fingerprint density at radius 3 is 2.93 bits per heavy atom. The third-order valence-corrected chi connectivity index (χ3v) is 2.03. The number of carbonyl (C=O) groups is 1. The van der Waals surface area contributed by atoms with Gasteiger partial charge in [-0.05, 0) is 25.1 Å². The van der Waals surface area contributed by atoms with Gasteiger partial charge in [-0.25, -0.2) is 4.79 Å². The monoisotopic (exact) mass is 210 g/mol. The zero-order valence-electron chi connectivity index (χ0n) is 8.60. The van der Waals surface area contributed by atoms with Crippen molar-refractivity contribution < 1.29 is 9.53 Å². The lowest BCUT2D eigenvalue weighted by Gasteiger charge is -2.05. The van der Waals surface area contributed by atoms with Crippen molar-refractivity contribution in [3.05, 3.63) is 34.2 Å². The Morgan fingerprint density at radius 1 is 1.60 bits per heavy atom. The van der Waals surface area contributed by atoms with Gasteiger partial charge in [0.1, 0.15) is 5.56 Å². The summed E-state index contributed by atoms with van der Waals surface area (Å²) >= 11 is 0. The second kappa shape index (κ2) is 5.31. The van der Waals surface area contributed by atoms with E-state index in [0.29, 0.717) is 19.5 Å². The first kappa shape index (κ1) is 11.5. The van der Waals surface area contributed by atoms with E-state index < -0.39 is 5.97 Å². The van der Waals surface area contributed by atoms with Crippen molar-refractivity contribution in [2.45, 2.75) is 13.0 Å². The number of pyridine rings is 1. The normalized spacial score (nSPS) is 10.0. The number of methoxy groups -OCH3 is 1. The molecular formula is C10H14N2O3. The number of nitrogens with two attached hydrogens (primary N) is 1. The van der Waals surface area contributed by atoms with Crippen LogP contribution in [0.1, 0.15) is 16.8 Å². The van der Waals surface area contributed by atoms with Crippen LogP contribution in [-0.2, 0) is 11.3 Å². The fraction of sp³-hybridized carbons (Fsp3) is 0.400. The minimum Gasteiger partial charge on any atom is -0.465 e. The highest BCUT2D eigenvalue weighted by atomic mass is 16.5. The van der Waals surface area contributed by atoms with E-state index in [1.807, 2.05) is 0 Å². The zero-order chi connectivity index (χ0) is 11.3. The first-order chi connectivity index (χ1) is 7.20. The van der Waals surface area contributed by atoms with E-state index in [1.165, 1.54) is 17.7 Å². The van der Waals surface area contributed by atoms with Gasteiger partial charge in [0.15, 0.2) is 0 Å². The van der Waals surface area contributed by atoms with Gasteiger partial charge in [-0.3, -0.25) is 4.79 Å². The molecule has 5 nitrogen and oxygen atoms in total. The lowest BCUT2D eigenvalue weighted by atomic mass is 10.2. The number of aromatic nitrogens is 1. The van der Waals surface area contributed by atoms with Gasteiger partial charge in [-0.2, -0.15) is 0 Å². The molecule has 1 aromatic heterocycles. The highest BCUT2D eigenvalue weighted by molar-refractivity contribution is 5.88. The molecule has 82 valence electrons. The number of nitrogens with zero attached hydrogens (tertiary/aromatic N) is 1. The maximum absolute atomic E-state index is 11.7. The predicted molar refractivity (Wildman–Crippen MR) is 55.7 cm³/mol. The standard InChI is InChI=1S/C10H14N2O3/c1-15-10(14)8-4-2-6-12(9(8)13)7-3-5-11/h2,4,6H,3,5,7,11H2,1H3. The molecule has 0 aliphatic carbocycles. The van der Waals surface area contributed by atoms with Gasteiger partial charge in [-0.1, -0.05) is 0 Å². The number of ether oxygens (including phenoxy) is 1. The summed E-state index contributed by atoms with van der Waals surface area (Å²) in [4.78, 5) is 22.9. The number of hydrogen-bond acceptors (Lipinski definition) is 4. The van der Waals surface area contributed by atoms with Gasteiger partial charge in [0.05, 0.1) is 7.11 Å². The summed E-state index contributed by atoms with van der Waals surface area (Å²) in [7, 11) is 1.25. The number of carbonyl (C=O) groups excluding carboxylic acids is 1. The molecule has 0 radical (unpaired) electrons. The molecule has 15 heavy (non-hydrogen) atoms. The minimum absolute atomic E-state index is 0.0528. The Morgan fingerprint density at radius 2 is 2.33 bits per heavy atom. The zero-order valence-corrected chi connectivity index (χ0v) is 8.60. The summed E-state index contributed by atoms with van der Waals surface area (Å²) in [5.41, 5.74) is 5.06. The van der Waals surface area contributed by atoms with Crippen molar-refractivity contribution in [2.75, 3.05) is 13.7 Å². The van der Waals surface area contributed by atoms with Crippen LogP contribution in [0.15, 0.2) is 23.1 Å². The third-order valence-electron chi connectivity index (χ3n) is 2.03. The lowest BCUT2D eigenvalue weighted by Crippen LogP contribution is -2.27. The first-order valence-electron chi connectivity index (χ1n) is 4.68. The lowest BCUT2D eigenvalue weighted by molar-refractivity contribution is 0.0598. The molecule has 1 aromatic rings. The van der Waals surface area contributed by atoms with E-state index >= 15 is 0 Å². The second-order valence-electron chi connectivity index (χ2n) is 3.05. The molecule has 2 N–H and O–H groups in total. The molecule has 5 heteroatoms. The number of hydrogen-bond donors (Lipinski definition) is 1. The predicted octanol–water partition coefficient (Wildman–Crippen LogP) is -0.0163. The van der Waals surface area contributed by atoms with Crippen LogP contribution in [0.3, 0.4) is 0 Å². The third kappa shape index (κ3) is 2.66. The van der Waals surface area contributed by atoms with Crippen LogP contribution in [0.2, 0.25) is 0 Å². The SMILES string of the molecule is COC(=O)c1cccn(CCCN)c1=O. The van der Waals surface area contributed by atoms with Gasteiger partial charge in [-0.15, -0.1) is 0 Å². The van der Waals surface area contributed by atoms with Crippen LogP contribution in [-0.4, -0.2) is 24.2 Å². The van der Waals surface area contributed by atoms with Crippen LogP contribution >= 0.6 is 0 Å². The van der Waals surface area contributed by atoms with Crippen LogP contribution in [0.25, 0.3) is 0 Å². The van der Waals surface area contributed by atoms with Gasteiger partial charge >= 0.3 is 5.97 Å². The van der Waals surface area contributed by atoms with Crippen molar-refractivity contribution in [1.29, 1.82) is 0 Å². The molecule has 1 heterocycles. The van der Waals surface area contributed by atoms with E-state index in [-0.39, 0.29) is 11.1 Å². The number of aryl methyl sites for hydroxylation is 1. The smallest absolute Gasteiger partial charge is 0.343 e. The first-order valence-corrected chi connectivity index (χ1v) is 4.68. The van der Waals surface area contributed by atoms with Crippen molar-refractivity contribution in [1.82, 2.24) is 4.57 Å². The molecule has 1 rings (SSSR count). The quantitative estimate of drug-likeness (QED) is 0.709. The number of rotatable bonds is 4. The summed E-state index contributed by atoms with van der Waals surface area (Å²) in [5.74, 6) is -0.609. The van der Waals surface area contributed by atoms with Gasteiger partial charge < -0.3 is 15.0 Å². The van der Waals surface area contributed by atoms with Gasteiger partial charge in [0, 0.05) is 12.7 Å². The van der Waals surface area contributed by atoms with Crippen molar-refractivity contribution in [2.24, 2.45) is 5.73 Å². The van der Waals surface area contributed by atoms with E-state index in [2.05, 4.69) is 4.74 Å². The molecule has 0 amide bonds. The fourth-order valence-electron chi connectivity index (χ4n) is 1.24. The van der Waals surface area contributed by atoms with Crippen LogP contribution < -0.4 is 11.3 Å². The summed E-state index contributed by atoms with van der Waals surface area (Å²) in [5, 5.41) is 0. The maximum Gasteiger partial charge on any atom is 0.343 e. The molecule has 0 spiro atoms. The summed E-state index contributed by atoms with van der Waals surface area (Å²) in [6.45, 7) is 1.02. The average molecular weight is 210 g/mol. The minimum atomic E-state index is -0.609. The second-order valence-corrected chi connectivity index (χ2v) is 3.05. The molecule has 0 aromatic carbocycles. The summed E-state index contributed by atoms with van der Waals surface area (Å²) in [6, 6.07) is 3.09. The average Bonchev–Trinajstić information content (AvgIpc) is 2.27. The van der Waals surface area contributed by atoms with Crippen molar-refractivity contribution in [3.8, 4) is 0 Å². The van der Waals surface area contributed by atoms with E-state index in [9.17, 15) is 9.59 Å². The van der Waals surface area contributed by atoms with E-state index in [0.717, 1.165) is 0 Å². The Bertz CT molecular complexity index is 398.